The normalized spacial score (nSPS) is 22.5. The zero-order chi connectivity index (χ0) is 28.8. The van der Waals surface area contributed by atoms with Crippen molar-refractivity contribution in [2.45, 2.75) is 57.8 Å². The van der Waals surface area contributed by atoms with Crippen molar-refractivity contribution < 1.29 is 9.59 Å². The van der Waals surface area contributed by atoms with E-state index in [1.807, 2.05) is 41.0 Å². The molecule has 0 aliphatic carbocycles. The highest BCUT2D eigenvalue weighted by molar-refractivity contribution is 6.30. The van der Waals surface area contributed by atoms with Gasteiger partial charge in [-0.15, -0.1) is 0 Å². The fourth-order valence-corrected chi connectivity index (χ4v) is 6.52. The Kier molecular flexibility index (Phi) is 9.50. The summed E-state index contributed by atoms with van der Waals surface area (Å²) in [7, 11) is 0. The number of carbonyl (C=O) groups is 2. The van der Waals surface area contributed by atoms with Gasteiger partial charge in [0.15, 0.2) is 0 Å². The summed E-state index contributed by atoms with van der Waals surface area (Å²) in [6, 6.07) is 17.0. The van der Waals surface area contributed by atoms with Crippen LogP contribution in [-0.2, 0) is 29.1 Å². The fourth-order valence-electron chi connectivity index (χ4n) is 6.31. The van der Waals surface area contributed by atoms with Crippen molar-refractivity contribution in [2.24, 2.45) is 11.8 Å². The molecule has 3 aromatic rings. The van der Waals surface area contributed by atoms with Gasteiger partial charge in [0, 0.05) is 54.9 Å². The number of ketones is 1. The summed E-state index contributed by atoms with van der Waals surface area (Å²) in [6.45, 7) is 5.50. The number of carbonyl (C=O) groups excluding carboxylic acids is 2. The summed E-state index contributed by atoms with van der Waals surface area (Å²) >= 11 is 6.12. The van der Waals surface area contributed by atoms with Gasteiger partial charge in [-0.25, -0.2) is 4.98 Å². The Bertz CT molecular complexity index is 1400. The number of benzene rings is 2. The second kappa shape index (κ2) is 13.4. The molecule has 214 valence electrons. The van der Waals surface area contributed by atoms with E-state index >= 15 is 0 Å². The molecule has 1 aromatic heterocycles. The molecule has 0 bridgehead atoms. The van der Waals surface area contributed by atoms with Gasteiger partial charge in [-0.05, 0) is 67.2 Å². The van der Waals surface area contributed by atoms with Crippen molar-refractivity contribution in [1.29, 1.82) is 5.26 Å². The Morgan fingerprint density at radius 1 is 1.17 bits per heavy atom. The van der Waals surface area contributed by atoms with E-state index < -0.39 is 0 Å². The van der Waals surface area contributed by atoms with Crippen LogP contribution in [0, 0.1) is 23.2 Å². The first-order valence-electron chi connectivity index (χ1n) is 14.5. The van der Waals surface area contributed by atoms with Gasteiger partial charge >= 0.3 is 0 Å². The number of nitrogens with one attached hydrogen (secondary N) is 2. The zero-order valence-electron chi connectivity index (χ0n) is 23.4. The monoisotopic (exact) mass is 572 g/mol. The smallest absolute Gasteiger partial charge is 0.237 e. The standard InChI is InChI=1S/C32H37ClN6O2/c1-2-25-11-13-38(31(25)32(41)37-17-24-4-3-5-26(33)14-24)20-29-28(10-12-36-29)30(40)15-27-18-35-21-39(27)19-23-8-6-22(16-34)7-9-23/h3-9,14,18,21,25,28-29,31,36H,2,10-13,15,17,19-20H2,1H3,(H,37,41)/t25-,28?,29+,31-/m0/s1. The molecule has 3 heterocycles. The maximum absolute atomic E-state index is 13.6. The molecule has 2 aromatic carbocycles. The number of Topliss-reactive ketones (excluding diaryl/α,β-unsaturated/α-hetero) is 1. The number of nitriles is 1. The van der Waals surface area contributed by atoms with E-state index in [1.54, 1.807) is 24.7 Å². The number of hydrogen-bond donors (Lipinski definition) is 2. The largest absolute Gasteiger partial charge is 0.351 e. The molecule has 0 spiro atoms. The summed E-state index contributed by atoms with van der Waals surface area (Å²) in [5.74, 6) is 0.433. The van der Waals surface area contributed by atoms with Crippen LogP contribution in [0.15, 0.2) is 61.1 Å². The van der Waals surface area contributed by atoms with Gasteiger partial charge in [0.25, 0.3) is 0 Å². The second-order valence-corrected chi connectivity index (χ2v) is 11.6. The molecule has 41 heavy (non-hydrogen) atoms. The minimum Gasteiger partial charge on any atom is -0.351 e. The zero-order valence-corrected chi connectivity index (χ0v) is 24.2. The van der Waals surface area contributed by atoms with Crippen LogP contribution in [0.4, 0.5) is 0 Å². The molecule has 4 atom stereocenters. The van der Waals surface area contributed by atoms with Gasteiger partial charge in [-0.1, -0.05) is 49.2 Å². The molecule has 2 aliphatic rings. The van der Waals surface area contributed by atoms with Crippen molar-refractivity contribution in [2.75, 3.05) is 19.6 Å². The van der Waals surface area contributed by atoms with E-state index in [-0.39, 0.29) is 29.7 Å². The molecule has 9 heteroatoms. The lowest BCUT2D eigenvalue weighted by molar-refractivity contribution is -0.127. The van der Waals surface area contributed by atoms with E-state index in [0.29, 0.717) is 42.6 Å². The predicted molar refractivity (Wildman–Crippen MR) is 158 cm³/mol. The molecule has 1 amide bonds. The molecule has 5 rings (SSSR count). The number of aromatic nitrogens is 2. The third-order valence-electron chi connectivity index (χ3n) is 8.56. The van der Waals surface area contributed by atoms with Gasteiger partial charge in [-0.3, -0.25) is 14.5 Å². The van der Waals surface area contributed by atoms with Crippen LogP contribution < -0.4 is 10.6 Å². The van der Waals surface area contributed by atoms with Crippen LogP contribution in [0.1, 0.15) is 48.6 Å². The van der Waals surface area contributed by atoms with Crippen LogP contribution in [0.3, 0.4) is 0 Å². The van der Waals surface area contributed by atoms with Crippen LogP contribution in [0.5, 0.6) is 0 Å². The fraction of sp³-hybridized carbons (Fsp3) is 0.438. The number of nitrogens with zero attached hydrogens (tertiary/aromatic N) is 4. The lowest BCUT2D eigenvalue weighted by atomic mass is 9.92. The summed E-state index contributed by atoms with van der Waals surface area (Å²) in [6.07, 6.45) is 6.56. The molecular weight excluding hydrogens is 536 g/mol. The minimum atomic E-state index is -0.203. The topological polar surface area (TPSA) is 103 Å². The third-order valence-corrected chi connectivity index (χ3v) is 8.79. The number of amides is 1. The van der Waals surface area contributed by atoms with E-state index in [9.17, 15) is 9.59 Å². The minimum absolute atomic E-state index is 0.0104. The average Bonchev–Trinajstić information content (AvgIpc) is 3.73. The number of likely N-dealkylation sites (tertiary alicyclic amines) is 1. The highest BCUT2D eigenvalue weighted by Gasteiger charge is 2.42. The maximum Gasteiger partial charge on any atom is 0.237 e. The Labute approximate surface area is 246 Å². The Morgan fingerprint density at radius 3 is 2.76 bits per heavy atom. The van der Waals surface area contributed by atoms with Gasteiger partial charge in [0.1, 0.15) is 5.78 Å². The SMILES string of the molecule is CC[C@H]1CCN(C[C@H]2NCCC2C(=O)Cc2cncn2Cc2ccc(C#N)cc2)[C@@H]1C(=O)NCc1cccc(Cl)c1. The number of halogens is 1. The lowest BCUT2D eigenvalue weighted by Crippen LogP contribution is -2.51. The number of rotatable bonds is 11. The molecule has 2 N–H and O–H groups in total. The molecule has 8 nitrogen and oxygen atoms in total. The quantitative estimate of drug-likeness (QED) is 0.360. The highest BCUT2D eigenvalue weighted by Crippen LogP contribution is 2.30. The first kappa shape index (κ1) is 29.0. The molecule has 2 aliphatic heterocycles. The number of imidazole rings is 1. The Hall–Kier alpha value is -3.51. The summed E-state index contributed by atoms with van der Waals surface area (Å²) in [4.78, 5) is 33.6. The summed E-state index contributed by atoms with van der Waals surface area (Å²) in [5, 5.41) is 16.4. The van der Waals surface area contributed by atoms with Gasteiger partial charge in [0.05, 0.1) is 24.0 Å². The van der Waals surface area contributed by atoms with Crippen LogP contribution in [-0.4, -0.2) is 57.9 Å². The molecule has 2 saturated heterocycles. The van der Waals surface area contributed by atoms with Gasteiger partial charge in [-0.2, -0.15) is 5.26 Å². The van der Waals surface area contributed by atoms with Crippen molar-refractivity contribution in [3.05, 3.63) is 88.5 Å². The lowest BCUT2D eigenvalue weighted by Gasteiger charge is -2.31. The average molecular weight is 573 g/mol. The van der Waals surface area contributed by atoms with E-state index in [2.05, 4.69) is 33.5 Å². The molecule has 2 fully saturated rings. The number of hydrogen-bond acceptors (Lipinski definition) is 6. The van der Waals surface area contributed by atoms with Crippen LogP contribution >= 0.6 is 11.6 Å². The van der Waals surface area contributed by atoms with E-state index in [1.165, 1.54) is 0 Å². The van der Waals surface area contributed by atoms with Gasteiger partial charge < -0.3 is 15.2 Å². The van der Waals surface area contributed by atoms with E-state index in [0.717, 1.165) is 49.2 Å². The predicted octanol–water partition coefficient (Wildman–Crippen LogP) is 3.96. The summed E-state index contributed by atoms with van der Waals surface area (Å²) in [5.41, 5.74) is 3.54. The highest BCUT2D eigenvalue weighted by atomic mass is 35.5. The van der Waals surface area contributed by atoms with Crippen molar-refractivity contribution >= 4 is 23.3 Å². The molecular formula is C32H37ClN6O2. The van der Waals surface area contributed by atoms with Crippen LogP contribution in [0.2, 0.25) is 5.02 Å². The second-order valence-electron chi connectivity index (χ2n) is 11.2. The first-order chi connectivity index (χ1) is 19.9. The Balaban J connectivity index is 1.21. The molecule has 0 radical (unpaired) electrons. The van der Waals surface area contributed by atoms with Crippen LogP contribution in [0.25, 0.3) is 0 Å². The molecule has 0 saturated carbocycles. The van der Waals surface area contributed by atoms with Crippen molar-refractivity contribution in [1.82, 2.24) is 25.1 Å². The third kappa shape index (κ3) is 7.05. The first-order valence-corrected chi connectivity index (χ1v) is 14.8. The maximum atomic E-state index is 13.6. The Morgan fingerprint density at radius 2 is 2.00 bits per heavy atom. The van der Waals surface area contributed by atoms with E-state index in [4.69, 9.17) is 16.9 Å². The van der Waals surface area contributed by atoms with Crippen molar-refractivity contribution in [3.63, 3.8) is 0 Å². The summed E-state index contributed by atoms with van der Waals surface area (Å²) < 4.78 is 2.00. The van der Waals surface area contributed by atoms with Gasteiger partial charge in [0.2, 0.25) is 5.91 Å². The van der Waals surface area contributed by atoms with Crippen molar-refractivity contribution in [3.8, 4) is 6.07 Å². The molecule has 1 unspecified atom stereocenters.